The number of hydrogen-bond acceptors (Lipinski definition) is 3. The first kappa shape index (κ1) is 12.4. The van der Waals surface area contributed by atoms with Crippen molar-refractivity contribution in [1.29, 1.82) is 0 Å². The molecule has 3 aliphatic carbocycles. The van der Waals surface area contributed by atoms with Crippen molar-refractivity contribution >= 4 is 23.5 Å². The second-order valence-electron chi connectivity index (χ2n) is 6.11. The molecule has 2 aromatic carbocycles. The molecule has 2 aromatic rings. The summed E-state index contributed by atoms with van der Waals surface area (Å²) in [6.45, 7) is 0. The van der Waals surface area contributed by atoms with Gasteiger partial charge in [-0.3, -0.25) is 9.59 Å². The van der Waals surface area contributed by atoms with Gasteiger partial charge in [-0.1, -0.05) is 48.5 Å². The van der Waals surface area contributed by atoms with Crippen LogP contribution >= 0.6 is 11.6 Å². The van der Waals surface area contributed by atoms with E-state index in [1.54, 1.807) is 0 Å². The van der Waals surface area contributed by atoms with Gasteiger partial charge >= 0.3 is 11.9 Å². The molecule has 2 atom stereocenters. The van der Waals surface area contributed by atoms with Gasteiger partial charge in [0.05, 0.1) is 11.8 Å². The molecule has 0 amide bonds. The summed E-state index contributed by atoms with van der Waals surface area (Å²) >= 11 is 7.07. The van der Waals surface area contributed by atoms with E-state index >= 15 is 0 Å². The highest BCUT2D eigenvalue weighted by molar-refractivity contribution is 6.29. The maximum absolute atomic E-state index is 12.3. The number of carbonyl (C=O) groups excluding carboxylic acids is 2. The third-order valence-electron chi connectivity index (χ3n) is 5.25. The lowest BCUT2D eigenvalue weighted by atomic mass is 9.54. The van der Waals surface area contributed by atoms with Gasteiger partial charge in [0.25, 0.3) is 0 Å². The molecule has 3 nitrogen and oxygen atoms in total. The van der Waals surface area contributed by atoms with Crippen LogP contribution in [0, 0.1) is 11.8 Å². The summed E-state index contributed by atoms with van der Waals surface area (Å²) in [4.78, 5) is 23.6. The van der Waals surface area contributed by atoms with Crippen LogP contribution in [0.4, 0.5) is 0 Å². The first-order chi connectivity index (χ1) is 10.6. The first-order valence-electron chi connectivity index (χ1n) is 7.27. The summed E-state index contributed by atoms with van der Waals surface area (Å²) < 4.78 is 4.95. The van der Waals surface area contributed by atoms with Crippen LogP contribution in [-0.2, 0) is 19.2 Å². The van der Waals surface area contributed by atoms with E-state index in [1.165, 1.54) is 0 Å². The summed E-state index contributed by atoms with van der Waals surface area (Å²) in [6, 6.07) is 15.6. The maximum atomic E-state index is 12.3. The van der Waals surface area contributed by atoms with E-state index in [-0.39, 0.29) is 5.92 Å². The highest BCUT2D eigenvalue weighted by atomic mass is 35.5. The minimum Gasteiger partial charge on any atom is -0.393 e. The molecular formula is C18H11ClO3. The molecule has 0 N–H and O–H groups in total. The average Bonchev–Trinajstić information content (AvgIpc) is 2.84. The highest BCUT2D eigenvalue weighted by Crippen LogP contribution is 2.65. The van der Waals surface area contributed by atoms with E-state index in [1.807, 2.05) is 48.5 Å². The van der Waals surface area contributed by atoms with Gasteiger partial charge in [-0.05, 0) is 22.3 Å². The molecule has 6 rings (SSSR count). The van der Waals surface area contributed by atoms with E-state index in [9.17, 15) is 9.59 Å². The molecule has 0 aromatic heterocycles. The Morgan fingerprint density at radius 2 is 1.41 bits per heavy atom. The minimum absolute atomic E-state index is 0.156. The van der Waals surface area contributed by atoms with Crippen LogP contribution in [0.1, 0.15) is 28.2 Å². The van der Waals surface area contributed by atoms with Gasteiger partial charge in [-0.25, -0.2) is 0 Å². The summed E-state index contributed by atoms with van der Waals surface area (Å²) in [7, 11) is 0. The molecule has 0 unspecified atom stereocenters. The second kappa shape index (κ2) is 3.79. The number of esters is 2. The highest BCUT2D eigenvalue weighted by Gasteiger charge is 2.67. The van der Waals surface area contributed by atoms with E-state index in [4.69, 9.17) is 16.3 Å². The molecule has 4 heteroatoms. The molecule has 2 bridgehead atoms. The van der Waals surface area contributed by atoms with Crippen LogP contribution in [-0.4, -0.2) is 11.9 Å². The Bertz CT molecular complexity index is 809. The van der Waals surface area contributed by atoms with Crippen molar-refractivity contribution in [2.24, 2.45) is 11.8 Å². The molecule has 108 valence electrons. The Morgan fingerprint density at radius 3 is 2.00 bits per heavy atom. The lowest BCUT2D eigenvalue weighted by Gasteiger charge is -2.50. The molecule has 4 aliphatic rings. The van der Waals surface area contributed by atoms with Crippen molar-refractivity contribution in [3.05, 3.63) is 70.8 Å². The van der Waals surface area contributed by atoms with Gasteiger partial charge in [0.2, 0.25) is 0 Å². The number of cyclic esters (lactones) is 2. The molecule has 1 saturated heterocycles. The van der Waals surface area contributed by atoms with E-state index in [2.05, 4.69) is 0 Å². The van der Waals surface area contributed by atoms with Crippen LogP contribution in [0.2, 0.25) is 0 Å². The number of carbonyl (C=O) groups is 2. The van der Waals surface area contributed by atoms with Gasteiger partial charge in [0.15, 0.2) is 0 Å². The van der Waals surface area contributed by atoms with Crippen molar-refractivity contribution in [3.8, 4) is 0 Å². The van der Waals surface area contributed by atoms with Gasteiger partial charge in [0.1, 0.15) is 4.87 Å². The predicted octanol–water partition coefficient (Wildman–Crippen LogP) is 2.94. The van der Waals surface area contributed by atoms with E-state index in [0.717, 1.165) is 22.3 Å². The lowest BCUT2D eigenvalue weighted by Crippen LogP contribution is -2.50. The average molecular weight is 311 g/mol. The number of halogens is 1. The topological polar surface area (TPSA) is 43.4 Å². The third kappa shape index (κ3) is 1.17. The zero-order chi connectivity index (χ0) is 15.1. The number of rotatable bonds is 0. The normalized spacial score (nSPS) is 34.0. The number of alkyl halides is 1. The Hall–Kier alpha value is -2.13. The molecule has 1 fully saturated rings. The first-order valence-corrected chi connectivity index (χ1v) is 7.65. The maximum Gasteiger partial charge on any atom is 0.320 e. The predicted molar refractivity (Wildman–Crippen MR) is 79.4 cm³/mol. The Balaban J connectivity index is 1.94. The van der Waals surface area contributed by atoms with Crippen LogP contribution in [0.25, 0.3) is 0 Å². The van der Waals surface area contributed by atoms with Gasteiger partial charge in [-0.2, -0.15) is 0 Å². The standard InChI is InChI=1S/C18H11ClO3/c19-18-11-7-3-1-5-9(11)13(10-6-2-4-8-12(10)18)14-15(18)17(21)22-16(14)20/h1-8,13-15H/t13?,14-,15-,18?/m1/s1. The summed E-state index contributed by atoms with van der Waals surface area (Å²) in [6.07, 6.45) is 0. The zero-order valence-corrected chi connectivity index (χ0v) is 12.2. The fraction of sp³-hybridized carbons (Fsp3) is 0.222. The van der Waals surface area contributed by atoms with Gasteiger partial charge < -0.3 is 4.74 Å². The second-order valence-corrected chi connectivity index (χ2v) is 6.70. The van der Waals surface area contributed by atoms with Crippen LogP contribution in [0.3, 0.4) is 0 Å². The van der Waals surface area contributed by atoms with Crippen LogP contribution in [0.5, 0.6) is 0 Å². The fourth-order valence-electron chi connectivity index (χ4n) is 4.49. The Labute approximate surface area is 131 Å². The Kier molecular flexibility index (Phi) is 2.14. The fourth-order valence-corrected chi connectivity index (χ4v) is 5.05. The number of benzene rings is 2. The molecule has 0 spiro atoms. The Morgan fingerprint density at radius 1 is 0.864 bits per heavy atom. The molecule has 22 heavy (non-hydrogen) atoms. The SMILES string of the molecule is O=C1OC(=O)[C@H]2[C@H]1C1c3ccccc3C2(Cl)c2ccccc21. The quantitative estimate of drug-likeness (QED) is 0.427. The smallest absolute Gasteiger partial charge is 0.320 e. The number of hydrogen-bond donors (Lipinski definition) is 0. The van der Waals surface area contributed by atoms with Crippen molar-refractivity contribution in [2.75, 3.05) is 0 Å². The number of ether oxygens (including phenoxy) is 1. The molecule has 0 saturated carbocycles. The summed E-state index contributed by atoms with van der Waals surface area (Å²) in [5.74, 6) is -2.27. The van der Waals surface area contributed by atoms with Crippen molar-refractivity contribution in [3.63, 3.8) is 0 Å². The van der Waals surface area contributed by atoms with Crippen LogP contribution < -0.4 is 0 Å². The molecule has 0 radical (unpaired) electrons. The van der Waals surface area contributed by atoms with Crippen molar-refractivity contribution < 1.29 is 14.3 Å². The third-order valence-corrected chi connectivity index (χ3v) is 5.89. The zero-order valence-electron chi connectivity index (χ0n) is 11.5. The summed E-state index contributed by atoms with van der Waals surface area (Å²) in [5.41, 5.74) is 3.91. The van der Waals surface area contributed by atoms with E-state index < -0.39 is 28.6 Å². The molecular weight excluding hydrogens is 300 g/mol. The minimum atomic E-state index is -1.02. The molecule has 1 aliphatic heterocycles. The largest absolute Gasteiger partial charge is 0.393 e. The van der Waals surface area contributed by atoms with Crippen LogP contribution in [0.15, 0.2) is 48.5 Å². The monoisotopic (exact) mass is 310 g/mol. The molecule has 1 heterocycles. The van der Waals surface area contributed by atoms with Crippen molar-refractivity contribution in [2.45, 2.75) is 10.8 Å². The van der Waals surface area contributed by atoms with Gasteiger partial charge in [-0.15, -0.1) is 11.6 Å². The van der Waals surface area contributed by atoms with E-state index in [0.29, 0.717) is 0 Å². The summed E-state index contributed by atoms with van der Waals surface area (Å²) in [5, 5.41) is 0. The van der Waals surface area contributed by atoms with Crippen molar-refractivity contribution in [1.82, 2.24) is 0 Å². The lowest BCUT2D eigenvalue weighted by molar-refractivity contribution is -0.153. The van der Waals surface area contributed by atoms with Gasteiger partial charge in [0, 0.05) is 5.92 Å².